The maximum absolute atomic E-state index is 11.3. The molecule has 0 aromatic rings. The second-order valence-electron chi connectivity index (χ2n) is 3.77. The maximum atomic E-state index is 11.3. The van der Waals surface area contributed by atoms with Crippen molar-refractivity contribution in [3.63, 3.8) is 0 Å². The van der Waals surface area contributed by atoms with Crippen molar-refractivity contribution in [1.29, 1.82) is 0 Å². The van der Waals surface area contributed by atoms with Gasteiger partial charge in [-0.2, -0.15) is 0 Å². The molecule has 98 valence electrons. The van der Waals surface area contributed by atoms with Crippen LogP contribution < -0.4 is 22.3 Å². The molecule has 0 spiro atoms. The van der Waals surface area contributed by atoms with Crippen molar-refractivity contribution in [1.82, 2.24) is 10.8 Å². The minimum absolute atomic E-state index is 0.0239. The summed E-state index contributed by atoms with van der Waals surface area (Å²) in [7, 11) is 0. The van der Waals surface area contributed by atoms with Crippen molar-refractivity contribution in [3.8, 4) is 0 Å². The molecule has 0 bridgehead atoms. The van der Waals surface area contributed by atoms with Crippen LogP contribution in [0.2, 0.25) is 0 Å². The molecule has 0 aliphatic heterocycles. The fraction of sp³-hybridized carbons (Fsp3) is 0.667. The van der Waals surface area contributed by atoms with Gasteiger partial charge in [0.05, 0.1) is 12.6 Å². The van der Waals surface area contributed by atoms with Gasteiger partial charge in [-0.1, -0.05) is 13.8 Å². The minimum Gasteiger partial charge on any atom is -0.368 e. The van der Waals surface area contributed by atoms with Gasteiger partial charge in [0.15, 0.2) is 6.61 Å². The van der Waals surface area contributed by atoms with Crippen molar-refractivity contribution in [2.45, 2.75) is 19.9 Å². The molecule has 17 heavy (non-hydrogen) atoms. The largest absolute Gasteiger partial charge is 0.368 e. The summed E-state index contributed by atoms with van der Waals surface area (Å²) in [6.45, 7) is 2.88. The summed E-state index contributed by atoms with van der Waals surface area (Å²) in [5, 5.41) is 2.33. The van der Waals surface area contributed by atoms with Crippen LogP contribution in [0, 0.1) is 5.92 Å². The van der Waals surface area contributed by atoms with Crippen molar-refractivity contribution in [2.24, 2.45) is 17.4 Å². The average molecular weight is 246 g/mol. The number of hydroxylamine groups is 1. The van der Waals surface area contributed by atoms with Crippen LogP contribution in [0.3, 0.4) is 0 Å². The highest BCUT2D eigenvalue weighted by molar-refractivity contribution is 5.87. The van der Waals surface area contributed by atoms with E-state index in [4.69, 9.17) is 11.5 Å². The summed E-state index contributed by atoms with van der Waals surface area (Å²) in [5.41, 5.74) is 12.3. The van der Waals surface area contributed by atoms with Crippen molar-refractivity contribution >= 4 is 17.7 Å². The van der Waals surface area contributed by atoms with E-state index in [1.165, 1.54) is 0 Å². The summed E-state index contributed by atoms with van der Waals surface area (Å²) in [6.07, 6.45) is 0. The highest BCUT2D eigenvalue weighted by atomic mass is 16.7. The molecule has 1 atom stereocenters. The lowest BCUT2D eigenvalue weighted by Crippen LogP contribution is -2.47. The Kier molecular flexibility index (Phi) is 6.83. The predicted octanol–water partition coefficient (Wildman–Crippen LogP) is -2.38. The van der Waals surface area contributed by atoms with Crippen LogP contribution in [-0.2, 0) is 19.2 Å². The molecule has 6 N–H and O–H groups in total. The highest BCUT2D eigenvalue weighted by Crippen LogP contribution is 1.97. The number of amides is 3. The first-order chi connectivity index (χ1) is 7.84. The zero-order valence-corrected chi connectivity index (χ0v) is 9.86. The van der Waals surface area contributed by atoms with Crippen LogP contribution in [0.4, 0.5) is 0 Å². The number of hydrogen-bond donors (Lipinski definition) is 4. The Hall–Kier alpha value is -1.67. The van der Waals surface area contributed by atoms with Gasteiger partial charge in [0, 0.05) is 0 Å². The summed E-state index contributed by atoms with van der Waals surface area (Å²) < 4.78 is 0. The van der Waals surface area contributed by atoms with Crippen molar-refractivity contribution < 1.29 is 19.2 Å². The third-order valence-electron chi connectivity index (χ3n) is 1.84. The lowest BCUT2D eigenvalue weighted by molar-refractivity contribution is -0.138. The third kappa shape index (κ3) is 7.25. The molecule has 0 saturated carbocycles. The van der Waals surface area contributed by atoms with Crippen molar-refractivity contribution in [3.05, 3.63) is 0 Å². The molecule has 0 fully saturated rings. The highest BCUT2D eigenvalue weighted by Gasteiger charge is 2.17. The lowest BCUT2D eigenvalue weighted by atomic mass is 10.1. The first-order valence-electron chi connectivity index (χ1n) is 5.06. The molecular formula is C9H18N4O4. The number of rotatable bonds is 7. The van der Waals surface area contributed by atoms with Gasteiger partial charge >= 0.3 is 0 Å². The van der Waals surface area contributed by atoms with Gasteiger partial charge in [-0.25, -0.2) is 5.48 Å². The van der Waals surface area contributed by atoms with Gasteiger partial charge < -0.3 is 16.8 Å². The van der Waals surface area contributed by atoms with Crippen LogP contribution in [-0.4, -0.2) is 36.9 Å². The number of nitrogens with one attached hydrogen (secondary N) is 2. The Morgan fingerprint density at radius 2 is 1.88 bits per heavy atom. The fourth-order valence-corrected chi connectivity index (χ4v) is 0.812. The summed E-state index contributed by atoms with van der Waals surface area (Å²) in [4.78, 5) is 37.1. The molecule has 0 aliphatic carbocycles. The van der Waals surface area contributed by atoms with E-state index in [1.807, 2.05) is 5.48 Å². The van der Waals surface area contributed by atoms with E-state index >= 15 is 0 Å². The first kappa shape index (κ1) is 15.3. The SMILES string of the molecule is CC(C)[C@H](N)C(=O)NCC(=O)NOCC(N)=O. The number of nitrogens with two attached hydrogens (primary N) is 2. The minimum atomic E-state index is -0.712. The van der Waals surface area contributed by atoms with Crippen LogP contribution in [0.1, 0.15) is 13.8 Å². The molecule has 0 aliphatic rings. The van der Waals surface area contributed by atoms with E-state index in [0.717, 1.165) is 0 Å². The maximum Gasteiger partial charge on any atom is 0.262 e. The van der Waals surface area contributed by atoms with Crippen LogP contribution >= 0.6 is 0 Å². The number of carbonyl (C=O) groups is 3. The zero-order valence-electron chi connectivity index (χ0n) is 9.86. The zero-order chi connectivity index (χ0) is 13.4. The average Bonchev–Trinajstić information content (AvgIpc) is 2.24. The summed E-state index contributed by atoms with van der Waals surface area (Å²) >= 11 is 0. The Morgan fingerprint density at radius 3 is 2.35 bits per heavy atom. The molecule has 3 amide bonds. The molecular weight excluding hydrogens is 228 g/mol. The quantitative estimate of drug-likeness (QED) is 0.372. The molecule has 0 unspecified atom stereocenters. The molecule has 0 aromatic heterocycles. The monoisotopic (exact) mass is 246 g/mol. The standard InChI is InChI=1S/C9H18N4O4/c1-5(2)8(11)9(16)12-3-7(15)13-17-4-6(10)14/h5,8H,3-4,11H2,1-2H3,(H2,10,14)(H,12,16)(H,13,15)/t8-/m0/s1. The van der Waals surface area contributed by atoms with E-state index in [0.29, 0.717) is 0 Å². The number of primary amides is 1. The van der Waals surface area contributed by atoms with Crippen LogP contribution in [0.15, 0.2) is 0 Å². The van der Waals surface area contributed by atoms with E-state index in [1.54, 1.807) is 13.8 Å². The second-order valence-corrected chi connectivity index (χ2v) is 3.77. The van der Waals surface area contributed by atoms with E-state index in [2.05, 4.69) is 10.2 Å². The molecule has 0 heterocycles. The van der Waals surface area contributed by atoms with Gasteiger partial charge in [0.25, 0.3) is 5.91 Å². The van der Waals surface area contributed by atoms with Crippen LogP contribution in [0.5, 0.6) is 0 Å². The second kappa shape index (κ2) is 7.58. The van der Waals surface area contributed by atoms with Gasteiger partial charge in [0.1, 0.15) is 0 Å². The van der Waals surface area contributed by atoms with E-state index in [-0.39, 0.29) is 12.5 Å². The van der Waals surface area contributed by atoms with E-state index in [9.17, 15) is 14.4 Å². The van der Waals surface area contributed by atoms with E-state index < -0.39 is 30.4 Å². The summed E-state index contributed by atoms with van der Waals surface area (Å²) in [6, 6.07) is -0.672. The van der Waals surface area contributed by atoms with Gasteiger partial charge in [-0.05, 0) is 5.92 Å². The Balaban J connectivity index is 3.77. The molecule has 0 saturated heterocycles. The fourth-order valence-electron chi connectivity index (χ4n) is 0.812. The third-order valence-corrected chi connectivity index (χ3v) is 1.84. The van der Waals surface area contributed by atoms with Crippen molar-refractivity contribution in [2.75, 3.05) is 13.2 Å². The van der Waals surface area contributed by atoms with Gasteiger partial charge in [0.2, 0.25) is 11.8 Å². The Morgan fingerprint density at radius 1 is 1.29 bits per heavy atom. The Labute approximate surface area is 99.0 Å². The molecule has 8 heteroatoms. The van der Waals surface area contributed by atoms with Gasteiger partial charge in [-0.3, -0.25) is 19.2 Å². The first-order valence-corrected chi connectivity index (χ1v) is 5.06. The van der Waals surface area contributed by atoms with Gasteiger partial charge in [-0.15, -0.1) is 0 Å². The molecule has 0 rings (SSSR count). The molecule has 0 aromatic carbocycles. The summed E-state index contributed by atoms with van der Waals surface area (Å²) in [5.74, 6) is -1.76. The topological polar surface area (TPSA) is 137 Å². The molecule has 0 radical (unpaired) electrons. The Bertz CT molecular complexity index is 293. The number of hydrogen-bond acceptors (Lipinski definition) is 5. The lowest BCUT2D eigenvalue weighted by Gasteiger charge is -2.14. The smallest absolute Gasteiger partial charge is 0.262 e. The number of carbonyl (C=O) groups excluding carboxylic acids is 3. The van der Waals surface area contributed by atoms with Crippen LogP contribution in [0.25, 0.3) is 0 Å². The predicted molar refractivity (Wildman–Crippen MR) is 59.1 cm³/mol. The molecule has 8 nitrogen and oxygen atoms in total. The normalized spacial score (nSPS) is 12.0.